The summed E-state index contributed by atoms with van der Waals surface area (Å²) in [4.78, 5) is 0. The molecule has 0 saturated heterocycles. The third kappa shape index (κ3) is 25.8. The van der Waals surface area contributed by atoms with Gasteiger partial charge in [0.15, 0.2) is 0 Å². The van der Waals surface area contributed by atoms with Crippen molar-refractivity contribution >= 4 is 0 Å². The van der Waals surface area contributed by atoms with Crippen LogP contribution in [-0.4, -0.2) is 28.5 Å². The number of nitrogens with two attached hydrogens (primary N) is 1. The Morgan fingerprint density at radius 1 is 1.57 bits per heavy atom. The third-order valence-corrected chi connectivity index (χ3v) is 0.187. The molecule has 0 rings (SSSR count). The summed E-state index contributed by atoms with van der Waals surface area (Å²) in [7, 11) is 0. The first-order valence-corrected chi connectivity index (χ1v) is 1.32. The number of hydrogen-bond acceptors (Lipinski definition) is 4. The Hall–Kier alpha value is -0.200. The van der Waals surface area contributed by atoms with Crippen molar-refractivity contribution in [2.45, 2.75) is 6.23 Å². The van der Waals surface area contributed by atoms with Gasteiger partial charge in [-0.1, -0.05) is 0 Å². The van der Waals surface area contributed by atoms with Crippen molar-refractivity contribution < 1.29 is 15.7 Å². The zero-order valence-electron chi connectivity index (χ0n) is 3.96. The molecule has 0 aliphatic rings. The largest absolute Gasteiger partial charge is 0.412 e. The minimum atomic E-state index is -1.06. The average molecular weight is 112 g/mol. The maximum absolute atomic E-state index is 7.89. The van der Waals surface area contributed by atoms with Crippen LogP contribution in [0.25, 0.3) is 0 Å². The first kappa shape index (κ1) is 15.8. The molecular weight excluding hydrogens is 100 g/mol. The molecule has 0 aliphatic heterocycles. The van der Waals surface area contributed by atoms with Gasteiger partial charge in [0, 0.05) is 0 Å². The average Bonchev–Trinajstić information content (AvgIpc) is 1.38. The summed E-state index contributed by atoms with van der Waals surface area (Å²) in [6.07, 6.45) is -1.06. The van der Waals surface area contributed by atoms with Crippen molar-refractivity contribution in [3.05, 3.63) is 0 Å². The van der Waals surface area contributed by atoms with Crippen molar-refractivity contribution in [2.24, 2.45) is 5.73 Å². The van der Waals surface area contributed by atoms with Gasteiger partial charge in [0.05, 0.1) is 6.61 Å². The molecule has 0 heterocycles. The molecule has 7 heavy (non-hydrogen) atoms. The lowest BCUT2D eigenvalue weighted by Gasteiger charge is -1.91. The minimum absolute atomic E-state index is 0. The lowest BCUT2D eigenvalue weighted by atomic mass is 10.7. The van der Waals surface area contributed by atoms with Gasteiger partial charge in [0.1, 0.15) is 6.23 Å². The first-order valence-electron chi connectivity index (χ1n) is 1.32. The molecule has 0 aromatic rings. The highest BCUT2D eigenvalue weighted by atomic mass is 16.3. The molecule has 0 aliphatic carbocycles. The second-order valence-electron chi connectivity index (χ2n) is 0.750. The van der Waals surface area contributed by atoms with E-state index < -0.39 is 6.23 Å². The van der Waals surface area contributed by atoms with Crippen LogP contribution in [0.2, 0.25) is 0 Å². The molecule has 5 nitrogen and oxygen atoms in total. The highest BCUT2D eigenvalue weighted by Gasteiger charge is 1.83. The van der Waals surface area contributed by atoms with Gasteiger partial charge in [-0.25, -0.2) is 0 Å². The molecule has 0 amide bonds. The van der Waals surface area contributed by atoms with Crippen molar-refractivity contribution in [3.63, 3.8) is 0 Å². The Balaban J connectivity index is -0.0000000800. The zero-order valence-corrected chi connectivity index (χ0v) is 3.96. The number of rotatable bonds is 1. The van der Waals surface area contributed by atoms with Gasteiger partial charge in [-0.2, -0.15) is 0 Å². The summed E-state index contributed by atoms with van der Waals surface area (Å²) < 4.78 is 0. The topological polar surface area (TPSA) is 133 Å². The molecule has 0 bridgehead atoms. The van der Waals surface area contributed by atoms with Gasteiger partial charge < -0.3 is 27.6 Å². The van der Waals surface area contributed by atoms with Crippen LogP contribution in [0.15, 0.2) is 0 Å². The van der Waals surface area contributed by atoms with E-state index in [1.54, 1.807) is 0 Å². The number of aliphatic hydroxyl groups is 2. The van der Waals surface area contributed by atoms with E-state index in [0.717, 1.165) is 0 Å². The highest BCUT2D eigenvalue weighted by molar-refractivity contribution is 4.30. The molecule has 0 saturated carbocycles. The van der Waals surface area contributed by atoms with Crippen LogP contribution in [-0.2, 0) is 0 Å². The summed E-state index contributed by atoms with van der Waals surface area (Å²) in [6.45, 7) is -0.361. The van der Waals surface area contributed by atoms with Gasteiger partial charge in [0.2, 0.25) is 0 Å². The SMILES string of the molecule is N.NC(O)CO.O. The van der Waals surface area contributed by atoms with Gasteiger partial charge in [-0.3, -0.25) is 0 Å². The van der Waals surface area contributed by atoms with Crippen molar-refractivity contribution in [2.75, 3.05) is 6.61 Å². The van der Waals surface area contributed by atoms with Crippen LogP contribution in [0, 0.1) is 0 Å². The normalized spacial score (nSPS) is 10.7. The van der Waals surface area contributed by atoms with E-state index in [4.69, 9.17) is 10.2 Å². The highest BCUT2D eigenvalue weighted by Crippen LogP contribution is 1.55. The predicted octanol–water partition coefficient (Wildman–Crippen LogP) is -2.41. The summed E-state index contributed by atoms with van der Waals surface area (Å²) in [5, 5.41) is 15.7. The molecule has 0 aromatic heterocycles. The second-order valence-corrected chi connectivity index (χ2v) is 0.750. The molecule has 1 atom stereocenters. The van der Waals surface area contributed by atoms with Crippen molar-refractivity contribution in [1.29, 1.82) is 0 Å². The molecule has 1 unspecified atom stereocenters. The van der Waals surface area contributed by atoms with E-state index in [1.807, 2.05) is 0 Å². The Bertz CT molecular complexity index is 24.9. The molecular formula is C2H12N2O3. The van der Waals surface area contributed by atoms with E-state index in [1.165, 1.54) is 0 Å². The maximum Gasteiger partial charge on any atom is 0.125 e. The Kier molecular flexibility index (Phi) is 20.9. The molecule has 0 aromatic carbocycles. The fraction of sp³-hybridized carbons (Fsp3) is 1.00. The summed E-state index contributed by atoms with van der Waals surface area (Å²) in [5.74, 6) is 0. The number of hydrogen-bond donors (Lipinski definition) is 4. The first-order chi connectivity index (χ1) is 2.27. The summed E-state index contributed by atoms with van der Waals surface area (Å²) in [6, 6.07) is 0. The van der Waals surface area contributed by atoms with E-state index in [-0.39, 0.29) is 18.2 Å². The van der Waals surface area contributed by atoms with Crippen LogP contribution in [0.3, 0.4) is 0 Å². The summed E-state index contributed by atoms with van der Waals surface area (Å²) >= 11 is 0. The Morgan fingerprint density at radius 3 is 1.71 bits per heavy atom. The lowest BCUT2D eigenvalue weighted by molar-refractivity contribution is 0.101. The van der Waals surface area contributed by atoms with Gasteiger partial charge in [0.25, 0.3) is 0 Å². The Labute approximate surface area is 41.6 Å². The molecule has 5 heteroatoms. The minimum Gasteiger partial charge on any atom is -0.412 e. The van der Waals surface area contributed by atoms with E-state index in [9.17, 15) is 0 Å². The molecule has 9 N–H and O–H groups in total. The second kappa shape index (κ2) is 9.25. The molecule has 48 valence electrons. The van der Waals surface area contributed by atoms with E-state index >= 15 is 0 Å². The molecule has 0 fully saturated rings. The smallest absolute Gasteiger partial charge is 0.125 e. The van der Waals surface area contributed by atoms with Crippen molar-refractivity contribution in [3.8, 4) is 0 Å². The van der Waals surface area contributed by atoms with Crippen LogP contribution in [0.4, 0.5) is 0 Å². The standard InChI is InChI=1S/C2H7NO2.H3N.H2O/c3-2(5)1-4;;/h2,4-5H,1,3H2;1H3;1H2. The summed E-state index contributed by atoms with van der Waals surface area (Å²) in [5.41, 5.74) is 4.60. The maximum atomic E-state index is 7.89. The lowest BCUT2D eigenvalue weighted by Crippen LogP contribution is -2.22. The van der Waals surface area contributed by atoms with Gasteiger partial charge in [-0.05, 0) is 0 Å². The monoisotopic (exact) mass is 112 g/mol. The van der Waals surface area contributed by atoms with Crippen LogP contribution in [0.5, 0.6) is 0 Å². The van der Waals surface area contributed by atoms with E-state index in [2.05, 4.69) is 5.73 Å². The van der Waals surface area contributed by atoms with Crippen molar-refractivity contribution in [1.82, 2.24) is 6.15 Å². The van der Waals surface area contributed by atoms with E-state index in [0.29, 0.717) is 0 Å². The number of aliphatic hydroxyl groups excluding tert-OH is 2. The van der Waals surface area contributed by atoms with Crippen LogP contribution >= 0.6 is 0 Å². The quantitative estimate of drug-likeness (QED) is 0.281. The molecule has 0 spiro atoms. The third-order valence-electron chi connectivity index (χ3n) is 0.187. The van der Waals surface area contributed by atoms with Crippen LogP contribution in [0.1, 0.15) is 0 Å². The van der Waals surface area contributed by atoms with Crippen LogP contribution < -0.4 is 11.9 Å². The molecule has 0 radical (unpaired) electrons. The fourth-order valence-corrected chi connectivity index (χ4v) is 0. The predicted molar refractivity (Wildman–Crippen MR) is 25.9 cm³/mol. The zero-order chi connectivity index (χ0) is 4.28. The fourth-order valence-electron chi connectivity index (χ4n) is 0. The Morgan fingerprint density at radius 2 is 1.71 bits per heavy atom. The van der Waals surface area contributed by atoms with Gasteiger partial charge in [-0.15, -0.1) is 0 Å². The van der Waals surface area contributed by atoms with Gasteiger partial charge >= 0.3 is 0 Å².